The lowest BCUT2D eigenvalue weighted by atomic mass is 10.2. The number of hydrogen-bond acceptors (Lipinski definition) is 4. The number of ether oxygens (including phenoxy) is 2. The molecular weight excluding hydrogens is 210 g/mol. The van der Waals surface area contributed by atoms with Crippen LogP contribution in [-0.2, 0) is 9.47 Å². The maximum absolute atomic E-state index is 11.0. The third-order valence-electron chi connectivity index (χ3n) is 1.42. The Morgan fingerprint density at radius 3 is 2.81 bits per heavy atom. The highest BCUT2D eigenvalue weighted by Gasteiger charge is 1.98. The summed E-state index contributed by atoms with van der Waals surface area (Å²) in [5, 5.41) is 10.9. The van der Waals surface area contributed by atoms with Crippen LogP contribution in [0.15, 0.2) is 0 Å². The topological polar surface area (TPSA) is 67.8 Å². The molecule has 0 radical (unpaired) electrons. The summed E-state index contributed by atoms with van der Waals surface area (Å²) in [7, 11) is 0. The predicted octanol–water partition coefficient (Wildman–Crippen LogP) is 0.381. The second-order valence-corrected chi connectivity index (χ2v) is 3.31. The second kappa shape index (κ2) is 10.3. The summed E-state index contributed by atoms with van der Waals surface area (Å²) in [5.74, 6) is 5.88. The summed E-state index contributed by atoms with van der Waals surface area (Å²) < 4.78 is 9.71. The lowest BCUT2D eigenvalue weighted by molar-refractivity contribution is 0.0917. The molecule has 0 aromatic rings. The van der Waals surface area contributed by atoms with E-state index < -0.39 is 6.09 Å². The molecule has 0 unspecified atom stereocenters. The summed E-state index contributed by atoms with van der Waals surface area (Å²) in [6, 6.07) is 0. The Bertz CT molecular complexity index is 242. The molecular formula is C11H19NO4. The van der Waals surface area contributed by atoms with Crippen LogP contribution in [0.25, 0.3) is 0 Å². The van der Waals surface area contributed by atoms with Crippen molar-refractivity contribution in [1.29, 1.82) is 0 Å². The molecule has 0 aromatic heterocycles. The van der Waals surface area contributed by atoms with E-state index in [0.29, 0.717) is 13.2 Å². The van der Waals surface area contributed by atoms with E-state index in [1.54, 1.807) is 0 Å². The standard InChI is InChI=1S/C11H19NO4/c1-10(2)4-3-7-16-11(14)12-5-8-15-9-6-13/h10,13H,5-9H2,1-2H3,(H,12,14). The van der Waals surface area contributed by atoms with E-state index >= 15 is 0 Å². The van der Waals surface area contributed by atoms with Crippen molar-refractivity contribution in [3.63, 3.8) is 0 Å². The van der Waals surface area contributed by atoms with Gasteiger partial charge >= 0.3 is 6.09 Å². The van der Waals surface area contributed by atoms with Crippen LogP contribution in [0, 0.1) is 17.8 Å². The van der Waals surface area contributed by atoms with Crippen LogP contribution in [0.5, 0.6) is 0 Å². The Morgan fingerprint density at radius 1 is 1.44 bits per heavy atom. The molecule has 16 heavy (non-hydrogen) atoms. The molecule has 0 fully saturated rings. The number of aliphatic hydroxyl groups is 1. The number of carbonyl (C=O) groups excluding carboxylic acids is 1. The quantitative estimate of drug-likeness (QED) is 0.510. The van der Waals surface area contributed by atoms with Crippen molar-refractivity contribution in [3.05, 3.63) is 0 Å². The molecule has 0 aliphatic heterocycles. The van der Waals surface area contributed by atoms with Gasteiger partial charge in [0.15, 0.2) is 6.61 Å². The van der Waals surface area contributed by atoms with Gasteiger partial charge in [-0.1, -0.05) is 25.7 Å². The lowest BCUT2D eigenvalue weighted by Gasteiger charge is -2.04. The van der Waals surface area contributed by atoms with Gasteiger partial charge in [-0.05, 0) is 0 Å². The van der Waals surface area contributed by atoms with E-state index in [1.807, 2.05) is 13.8 Å². The molecule has 0 bridgehead atoms. The highest BCUT2D eigenvalue weighted by molar-refractivity contribution is 5.67. The minimum absolute atomic E-state index is 0.0186. The molecule has 0 spiro atoms. The van der Waals surface area contributed by atoms with Crippen LogP contribution in [0.3, 0.4) is 0 Å². The first-order valence-electron chi connectivity index (χ1n) is 5.24. The maximum Gasteiger partial charge on any atom is 0.408 e. The molecule has 92 valence electrons. The zero-order valence-corrected chi connectivity index (χ0v) is 9.78. The number of alkyl carbamates (subject to hydrolysis) is 1. The van der Waals surface area contributed by atoms with Crippen molar-refractivity contribution in [3.8, 4) is 11.8 Å². The van der Waals surface area contributed by atoms with Gasteiger partial charge in [0.25, 0.3) is 0 Å². The van der Waals surface area contributed by atoms with Crippen molar-refractivity contribution in [2.45, 2.75) is 13.8 Å². The molecule has 5 heteroatoms. The number of aliphatic hydroxyl groups excluding tert-OH is 1. The smallest absolute Gasteiger partial charge is 0.408 e. The van der Waals surface area contributed by atoms with E-state index in [1.165, 1.54) is 0 Å². The van der Waals surface area contributed by atoms with E-state index in [-0.39, 0.29) is 25.7 Å². The first-order chi connectivity index (χ1) is 7.66. The first-order valence-corrected chi connectivity index (χ1v) is 5.24. The van der Waals surface area contributed by atoms with Gasteiger partial charge in [-0.3, -0.25) is 0 Å². The van der Waals surface area contributed by atoms with Gasteiger partial charge in [-0.2, -0.15) is 0 Å². The Kier molecular flexibility index (Phi) is 9.47. The van der Waals surface area contributed by atoms with Gasteiger partial charge in [0, 0.05) is 12.5 Å². The molecule has 0 aliphatic rings. The zero-order valence-electron chi connectivity index (χ0n) is 9.78. The van der Waals surface area contributed by atoms with Crippen LogP contribution in [0.4, 0.5) is 4.79 Å². The zero-order chi connectivity index (χ0) is 12.2. The number of rotatable bonds is 6. The molecule has 0 saturated carbocycles. The molecule has 0 aliphatic carbocycles. The fraction of sp³-hybridized carbons (Fsp3) is 0.727. The third kappa shape index (κ3) is 10.8. The summed E-state index contributed by atoms with van der Waals surface area (Å²) in [4.78, 5) is 11.0. The maximum atomic E-state index is 11.0. The first kappa shape index (κ1) is 14.8. The van der Waals surface area contributed by atoms with Gasteiger partial charge in [0.05, 0.1) is 19.8 Å². The number of carbonyl (C=O) groups is 1. The molecule has 0 rings (SSSR count). The average molecular weight is 229 g/mol. The Balaban J connectivity index is 3.36. The normalized spacial score (nSPS) is 9.50. The molecule has 0 atom stereocenters. The highest BCUT2D eigenvalue weighted by atomic mass is 16.5. The fourth-order valence-corrected chi connectivity index (χ4v) is 0.790. The van der Waals surface area contributed by atoms with E-state index in [9.17, 15) is 4.79 Å². The van der Waals surface area contributed by atoms with E-state index in [0.717, 1.165) is 0 Å². The minimum Gasteiger partial charge on any atom is -0.436 e. The summed E-state index contributed by atoms with van der Waals surface area (Å²) in [6.45, 7) is 4.99. The number of amides is 1. The van der Waals surface area contributed by atoms with Crippen LogP contribution in [0.2, 0.25) is 0 Å². The number of hydrogen-bond donors (Lipinski definition) is 2. The largest absolute Gasteiger partial charge is 0.436 e. The molecule has 2 N–H and O–H groups in total. The predicted molar refractivity (Wildman–Crippen MR) is 59.9 cm³/mol. The molecule has 0 saturated heterocycles. The van der Waals surface area contributed by atoms with Crippen molar-refractivity contribution in [1.82, 2.24) is 5.32 Å². The molecule has 5 nitrogen and oxygen atoms in total. The Hall–Kier alpha value is -1.25. The summed E-state index contributed by atoms with van der Waals surface area (Å²) in [5.41, 5.74) is 0. The van der Waals surface area contributed by atoms with E-state index in [2.05, 4.69) is 17.2 Å². The van der Waals surface area contributed by atoms with Gasteiger partial charge < -0.3 is 19.9 Å². The fourth-order valence-electron chi connectivity index (χ4n) is 0.790. The number of nitrogens with one attached hydrogen (secondary N) is 1. The average Bonchev–Trinajstić information content (AvgIpc) is 2.24. The molecule has 0 aromatic carbocycles. The van der Waals surface area contributed by atoms with Gasteiger partial charge in [-0.15, -0.1) is 0 Å². The highest BCUT2D eigenvalue weighted by Crippen LogP contribution is 1.85. The minimum atomic E-state index is -0.509. The SMILES string of the molecule is CC(C)C#CCOC(=O)NCCOCCO. The van der Waals surface area contributed by atoms with Crippen molar-refractivity contribution >= 4 is 6.09 Å². The summed E-state index contributed by atoms with van der Waals surface area (Å²) >= 11 is 0. The van der Waals surface area contributed by atoms with Gasteiger partial charge in [0.1, 0.15) is 0 Å². The Morgan fingerprint density at radius 2 is 2.19 bits per heavy atom. The second-order valence-electron chi connectivity index (χ2n) is 3.31. The monoisotopic (exact) mass is 229 g/mol. The summed E-state index contributed by atoms with van der Waals surface area (Å²) in [6.07, 6.45) is -0.509. The van der Waals surface area contributed by atoms with Crippen LogP contribution in [0.1, 0.15) is 13.8 Å². The van der Waals surface area contributed by atoms with Crippen molar-refractivity contribution in [2.24, 2.45) is 5.92 Å². The van der Waals surface area contributed by atoms with Crippen LogP contribution in [-0.4, -0.2) is 44.2 Å². The van der Waals surface area contributed by atoms with Crippen molar-refractivity contribution < 1.29 is 19.4 Å². The third-order valence-corrected chi connectivity index (χ3v) is 1.42. The van der Waals surface area contributed by atoms with Crippen LogP contribution >= 0.6 is 0 Å². The molecule has 1 amide bonds. The molecule has 0 heterocycles. The Labute approximate surface area is 96.1 Å². The van der Waals surface area contributed by atoms with Crippen molar-refractivity contribution in [2.75, 3.05) is 33.0 Å². The van der Waals surface area contributed by atoms with E-state index in [4.69, 9.17) is 14.6 Å². The van der Waals surface area contributed by atoms with Gasteiger partial charge in [0.2, 0.25) is 0 Å². The van der Waals surface area contributed by atoms with Gasteiger partial charge in [-0.25, -0.2) is 4.79 Å². The van der Waals surface area contributed by atoms with Crippen LogP contribution < -0.4 is 5.32 Å². The lowest BCUT2D eigenvalue weighted by Crippen LogP contribution is -2.28.